The molecule has 2 nitrogen and oxygen atoms in total. The molecule has 4 heteroatoms. The summed E-state index contributed by atoms with van der Waals surface area (Å²) < 4.78 is 18.9. The normalized spacial score (nSPS) is 11.0. The van der Waals surface area contributed by atoms with Gasteiger partial charge in [-0.05, 0) is 24.3 Å². The lowest BCUT2D eigenvalue weighted by Crippen LogP contribution is -2.04. The number of hydrogen-bond acceptors (Lipinski definition) is 2. The lowest BCUT2D eigenvalue weighted by atomic mass is 9.99. The molecule has 0 spiro atoms. The molecule has 1 heterocycles. The molecule has 0 fully saturated rings. The van der Waals surface area contributed by atoms with Gasteiger partial charge in [0.15, 0.2) is 5.78 Å². The number of aryl methyl sites for hydroxylation is 1. The lowest BCUT2D eigenvalue weighted by Gasteiger charge is -2.04. The molecule has 0 saturated carbocycles. The van der Waals surface area contributed by atoms with Gasteiger partial charge in [-0.15, -0.1) is 0 Å². The third kappa shape index (κ3) is 2.34. The van der Waals surface area contributed by atoms with Gasteiger partial charge in [0.2, 0.25) is 0 Å². The number of ketones is 1. The van der Waals surface area contributed by atoms with Gasteiger partial charge in [-0.1, -0.05) is 36.7 Å². The van der Waals surface area contributed by atoms with Crippen molar-refractivity contribution in [3.8, 4) is 0 Å². The summed E-state index contributed by atoms with van der Waals surface area (Å²) in [4.78, 5) is 12.8. The molecule has 0 N–H and O–H groups in total. The number of fused-ring (bicyclic) bond motifs is 1. The van der Waals surface area contributed by atoms with E-state index in [1.54, 1.807) is 0 Å². The van der Waals surface area contributed by atoms with Crippen molar-refractivity contribution in [3.05, 3.63) is 70.2 Å². The molecule has 0 amide bonds. The topological polar surface area (TPSA) is 30.2 Å². The Bertz CT molecular complexity index is 836. The van der Waals surface area contributed by atoms with Crippen LogP contribution in [0.2, 0.25) is 5.02 Å². The zero-order valence-electron chi connectivity index (χ0n) is 11.3. The van der Waals surface area contributed by atoms with Gasteiger partial charge in [-0.25, -0.2) is 4.39 Å². The van der Waals surface area contributed by atoms with Crippen LogP contribution in [0.1, 0.15) is 28.6 Å². The SMILES string of the molecule is CCc1oc2ccccc2c1C(=O)c1ccc(F)cc1Cl. The van der Waals surface area contributed by atoms with Crippen molar-refractivity contribution >= 4 is 28.4 Å². The van der Waals surface area contributed by atoms with Gasteiger partial charge in [-0.2, -0.15) is 0 Å². The summed E-state index contributed by atoms with van der Waals surface area (Å²) >= 11 is 6.00. The van der Waals surface area contributed by atoms with Crippen LogP contribution in [0.15, 0.2) is 46.9 Å². The largest absolute Gasteiger partial charge is 0.460 e. The van der Waals surface area contributed by atoms with E-state index < -0.39 is 5.82 Å². The number of hydrogen-bond donors (Lipinski definition) is 0. The highest BCUT2D eigenvalue weighted by molar-refractivity contribution is 6.35. The minimum atomic E-state index is -0.468. The van der Waals surface area contributed by atoms with E-state index in [-0.39, 0.29) is 16.4 Å². The Morgan fingerprint density at radius 3 is 2.71 bits per heavy atom. The van der Waals surface area contributed by atoms with Crippen molar-refractivity contribution in [2.75, 3.05) is 0 Å². The molecule has 21 heavy (non-hydrogen) atoms. The van der Waals surface area contributed by atoms with Crippen LogP contribution in [0.25, 0.3) is 11.0 Å². The third-order valence-electron chi connectivity index (χ3n) is 3.39. The lowest BCUT2D eigenvalue weighted by molar-refractivity contribution is 0.103. The highest BCUT2D eigenvalue weighted by atomic mass is 35.5. The van der Waals surface area contributed by atoms with Gasteiger partial charge in [0, 0.05) is 17.4 Å². The maximum absolute atomic E-state index is 13.1. The number of halogens is 2. The van der Waals surface area contributed by atoms with Crippen molar-refractivity contribution < 1.29 is 13.6 Å². The van der Waals surface area contributed by atoms with E-state index in [9.17, 15) is 9.18 Å². The number of furan rings is 1. The average Bonchev–Trinajstić information content (AvgIpc) is 2.85. The van der Waals surface area contributed by atoms with Crippen LogP contribution >= 0.6 is 11.6 Å². The molecular weight excluding hydrogens is 291 g/mol. The Hall–Kier alpha value is -2.13. The molecule has 0 aliphatic carbocycles. The molecule has 0 radical (unpaired) electrons. The average molecular weight is 303 g/mol. The maximum Gasteiger partial charge on any atom is 0.198 e. The van der Waals surface area contributed by atoms with Crippen molar-refractivity contribution in [1.29, 1.82) is 0 Å². The number of carbonyl (C=O) groups excluding carboxylic acids is 1. The Labute approximate surface area is 126 Å². The molecule has 0 saturated heterocycles. The molecule has 0 unspecified atom stereocenters. The van der Waals surface area contributed by atoms with Crippen LogP contribution in [0.5, 0.6) is 0 Å². The van der Waals surface area contributed by atoms with Gasteiger partial charge < -0.3 is 4.42 Å². The number of para-hydroxylation sites is 1. The fourth-order valence-electron chi connectivity index (χ4n) is 2.40. The number of carbonyl (C=O) groups is 1. The van der Waals surface area contributed by atoms with E-state index in [0.717, 1.165) is 11.5 Å². The Morgan fingerprint density at radius 2 is 2.00 bits per heavy atom. The molecular formula is C17H12ClFO2. The smallest absolute Gasteiger partial charge is 0.198 e. The molecule has 106 valence electrons. The summed E-state index contributed by atoms with van der Waals surface area (Å²) in [5.74, 6) is -0.104. The van der Waals surface area contributed by atoms with Gasteiger partial charge in [-0.3, -0.25) is 4.79 Å². The Morgan fingerprint density at radius 1 is 1.24 bits per heavy atom. The molecule has 2 aromatic carbocycles. The maximum atomic E-state index is 13.1. The van der Waals surface area contributed by atoms with E-state index in [1.807, 2.05) is 31.2 Å². The zero-order chi connectivity index (χ0) is 15.0. The second-order valence-electron chi connectivity index (χ2n) is 4.70. The van der Waals surface area contributed by atoms with Crippen LogP contribution in [-0.2, 0) is 6.42 Å². The van der Waals surface area contributed by atoms with Crippen molar-refractivity contribution in [2.24, 2.45) is 0 Å². The van der Waals surface area contributed by atoms with Gasteiger partial charge >= 0.3 is 0 Å². The van der Waals surface area contributed by atoms with Crippen molar-refractivity contribution in [1.82, 2.24) is 0 Å². The Balaban J connectivity index is 2.21. The van der Waals surface area contributed by atoms with Crippen molar-refractivity contribution in [3.63, 3.8) is 0 Å². The van der Waals surface area contributed by atoms with Gasteiger partial charge in [0.05, 0.1) is 10.6 Å². The van der Waals surface area contributed by atoms with E-state index in [0.29, 0.717) is 23.3 Å². The summed E-state index contributed by atoms with van der Waals surface area (Å²) in [7, 11) is 0. The van der Waals surface area contributed by atoms with E-state index >= 15 is 0 Å². The van der Waals surface area contributed by atoms with Crippen LogP contribution in [0.4, 0.5) is 4.39 Å². The summed E-state index contributed by atoms with van der Waals surface area (Å²) in [6, 6.07) is 11.1. The molecule has 0 aliphatic rings. The van der Waals surface area contributed by atoms with E-state index in [2.05, 4.69) is 0 Å². The van der Waals surface area contributed by atoms with Crippen LogP contribution in [-0.4, -0.2) is 5.78 Å². The highest BCUT2D eigenvalue weighted by Crippen LogP contribution is 2.30. The number of rotatable bonds is 3. The van der Waals surface area contributed by atoms with Gasteiger partial charge in [0.1, 0.15) is 17.2 Å². The standard InChI is InChI=1S/C17H12ClFO2/c1-2-14-16(12-5-3-4-6-15(12)21-14)17(20)11-8-7-10(19)9-13(11)18/h3-9H,2H2,1H3. The van der Waals surface area contributed by atoms with Crippen LogP contribution in [0.3, 0.4) is 0 Å². The molecule has 1 aromatic heterocycles. The second kappa shape index (κ2) is 5.34. The Kier molecular flexibility index (Phi) is 3.52. The summed E-state index contributed by atoms with van der Waals surface area (Å²) in [6.07, 6.45) is 0.592. The first-order valence-electron chi connectivity index (χ1n) is 6.62. The fraction of sp³-hybridized carbons (Fsp3) is 0.118. The molecule has 0 bridgehead atoms. The molecule has 0 atom stereocenters. The first-order chi connectivity index (χ1) is 10.1. The first-order valence-corrected chi connectivity index (χ1v) is 6.99. The van der Waals surface area contributed by atoms with Crippen LogP contribution in [0, 0.1) is 5.82 Å². The minimum absolute atomic E-state index is 0.104. The summed E-state index contributed by atoms with van der Waals surface area (Å²) in [5, 5.41) is 0.854. The molecule has 0 aliphatic heterocycles. The van der Waals surface area contributed by atoms with Gasteiger partial charge in [0.25, 0.3) is 0 Å². The third-order valence-corrected chi connectivity index (χ3v) is 3.71. The van der Waals surface area contributed by atoms with E-state index in [1.165, 1.54) is 12.1 Å². The fourth-order valence-corrected chi connectivity index (χ4v) is 2.66. The second-order valence-corrected chi connectivity index (χ2v) is 5.11. The first kappa shape index (κ1) is 13.8. The molecule has 3 rings (SSSR count). The minimum Gasteiger partial charge on any atom is -0.460 e. The summed E-state index contributed by atoms with van der Waals surface area (Å²) in [6.45, 7) is 1.92. The number of benzene rings is 2. The predicted molar refractivity (Wildman–Crippen MR) is 80.4 cm³/mol. The van der Waals surface area contributed by atoms with E-state index in [4.69, 9.17) is 16.0 Å². The summed E-state index contributed by atoms with van der Waals surface area (Å²) in [5.41, 5.74) is 1.44. The monoisotopic (exact) mass is 302 g/mol. The van der Waals surface area contributed by atoms with Crippen molar-refractivity contribution in [2.45, 2.75) is 13.3 Å². The highest BCUT2D eigenvalue weighted by Gasteiger charge is 2.22. The quantitative estimate of drug-likeness (QED) is 0.636. The zero-order valence-corrected chi connectivity index (χ0v) is 12.1. The van der Waals surface area contributed by atoms with Crippen LogP contribution < -0.4 is 0 Å². The predicted octanol–water partition coefficient (Wildman–Crippen LogP) is 5.02. The molecule has 3 aromatic rings.